The van der Waals surface area contributed by atoms with Crippen LogP contribution >= 0.6 is 0 Å². The lowest BCUT2D eigenvalue weighted by atomic mass is 9.98. The van der Waals surface area contributed by atoms with Gasteiger partial charge in [-0.1, -0.05) is 24.6 Å². The van der Waals surface area contributed by atoms with E-state index in [0.29, 0.717) is 6.54 Å². The summed E-state index contributed by atoms with van der Waals surface area (Å²) in [5, 5.41) is 12.3. The van der Waals surface area contributed by atoms with Crippen LogP contribution in [0.4, 0.5) is 5.69 Å². The van der Waals surface area contributed by atoms with Gasteiger partial charge in [0, 0.05) is 18.2 Å². The fourth-order valence-corrected chi connectivity index (χ4v) is 3.34. The van der Waals surface area contributed by atoms with Gasteiger partial charge in [-0.2, -0.15) is 0 Å². The van der Waals surface area contributed by atoms with E-state index in [1.54, 1.807) is 4.90 Å². The van der Waals surface area contributed by atoms with Gasteiger partial charge in [-0.3, -0.25) is 9.59 Å². The first kappa shape index (κ1) is 14.1. The molecule has 2 aliphatic rings. The molecule has 1 aromatic carbocycles. The van der Waals surface area contributed by atoms with Crippen LogP contribution in [-0.2, 0) is 9.59 Å². The number of fused-ring (bicyclic) bond motifs is 1. The Bertz CT molecular complexity index is 552. The van der Waals surface area contributed by atoms with Crippen LogP contribution in [0.3, 0.4) is 0 Å². The second-order valence-electron chi connectivity index (χ2n) is 5.80. The van der Waals surface area contributed by atoms with Crippen LogP contribution in [-0.4, -0.2) is 36.1 Å². The van der Waals surface area contributed by atoms with Gasteiger partial charge >= 0.3 is 5.97 Å². The molecule has 2 N–H and O–H groups in total. The van der Waals surface area contributed by atoms with Gasteiger partial charge in [0.1, 0.15) is 0 Å². The van der Waals surface area contributed by atoms with Crippen molar-refractivity contribution in [2.45, 2.75) is 37.6 Å². The Morgan fingerprint density at radius 3 is 2.81 bits per heavy atom. The Balaban J connectivity index is 1.83. The molecule has 0 aromatic heterocycles. The molecule has 0 saturated carbocycles. The van der Waals surface area contributed by atoms with Gasteiger partial charge in [-0.25, -0.2) is 0 Å². The van der Waals surface area contributed by atoms with Crippen molar-refractivity contribution in [2.24, 2.45) is 0 Å². The second kappa shape index (κ2) is 5.85. The van der Waals surface area contributed by atoms with E-state index in [2.05, 4.69) is 5.32 Å². The van der Waals surface area contributed by atoms with E-state index in [-0.39, 0.29) is 24.3 Å². The molecule has 0 radical (unpaired) electrons. The van der Waals surface area contributed by atoms with E-state index in [9.17, 15) is 9.59 Å². The van der Waals surface area contributed by atoms with Crippen LogP contribution < -0.4 is 10.2 Å². The second-order valence-corrected chi connectivity index (χ2v) is 5.80. The van der Waals surface area contributed by atoms with E-state index >= 15 is 0 Å². The van der Waals surface area contributed by atoms with Crippen molar-refractivity contribution < 1.29 is 14.7 Å². The average Bonchev–Trinajstić information content (AvgIpc) is 2.86. The monoisotopic (exact) mass is 288 g/mol. The third-order valence-electron chi connectivity index (χ3n) is 4.37. The number of carbonyl (C=O) groups excluding carboxylic acids is 1. The SMILES string of the molecule is O=C(O)CC1CN(C(=O)[C@@H]2CCCCN2)c2ccccc21. The Morgan fingerprint density at radius 1 is 1.29 bits per heavy atom. The fraction of sp³-hybridized carbons (Fsp3) is 0.500. The highest BCUT2D eigenvalue weighted by atomic mass is 16.4. The number of piperidine rings is 1. The maximum atomic E-state index is 12.7. The van der Waals surface area contributed by atoms with Crippen molar-refractivity contribution in [2.75, 3.05) is 18.0 Å². The summed E-state index contributed by atoms with van der Waals surface area (Å²) in [5.41, 5.74) is 1.85. The molecule has 1 amide bonds. The molecule has 1 fully saturated rings. The smallest absolute Gasteiger partial charge is 0.304 e. The molecule has 21 heavy (non-hydrogen) atoms. The summed E-state index contributed by atoms with van der Waals surface area (Å²) in [5.74, 6) is -0.846. The Hall–Kier alpha value is -1.88. The maximum absolute atomic E-state index is 12.7. The number of carboxylic acid groups (broad SMARTS) is 1. The standard InChI is InChI=1S/C16H20N2O3/c19-15(20)9-11-10-18(14-7-2-1-5-12(11)14)16(21)13-6-3-4-8-17-13/h1-2,5,7,11,13,17H,3-4,6,8-10H2,(H,19,20)/t11?,13-/m0/s1. The van der Waals surface area contributed by atoms with Crippen molar-refractivity contribution in [3.8, 4) is 0 Å². The normalized spacial score (nSPS) is 24.7. The van der Waals surface area contributed by atoms with E-state index < -0.39 is 5.97 Å². The van der Waals surface area contributed by atoms with Crippen molar-refractivity contribution in [1.29, 1.82) is 0 Å². The number of anilines is 1. The Morgan fingerprint density at radius 2 is 2.10 bits per heavy atom. The zero-order chi connectivity index (χ0) is 14.8. The van der Waals surface area contributed by atoms with Crippen LogP contribution in [0, 0.1) is 0 Å². The van der Waals surface area contributed by atoms with Gasteiger partial charge < -0.3 is 15.3 Å². The molecule has 2 aliphatic heterocycles. The minimum absolute atomic E-state index is 0.0683. The van der Waals surface area contributed by atoms with Gasteiger partial charge in [0.2, 0.25) is 5.91 Å². The highest BCUT2D eigenvalue weighted by Gasteiger charge is 2.36. The van der Waals surface area contributed by atoms with Gasteiger partial charge in [0.25, 0.3) is 0 Å². The number of carboxylic acids is 1. The van der Waals surface area contributed by atoms with Gasteiger partial charge in [-0.05, 0) is 31.0 Å². The van der Waals surface area contributed by atoms with Crippen molar-refractivity contribution in [3.05, 3.63) is 29.8 Å². The summed E-state index contributed by atoms with van der Waals surface area (Å²) in [6, 6.07) is 7.52. The third-order valence-corrected chi connectivity index (χ3v) is 4.37. The number of hydrogen-bond acceptors (Lipinski definition) is 3. The van der Waals surface area contributed by atoms with Gasteiger partial charge in [0.15, 0.2) is 0 Å². The highest BCUT2D eigenvalue weighted by molar-refractivity contribution is 5.99. The summed E-state index contributed by atoms with van der Waals surface area (Å²) in [6.45, 7) is 1.35. The van der Waals surface area contributed by atoms with Crippen molar-refractivity contribution in [1.82, 2.24) is 5.32 Å². The molecule has 5 heteroatoms. The van der Waals surface area contributed by atoms with E-state index in [1.807, 2.05) is 24.3 Å². The molecule has 3 rings (SSSR count). The summed E-state index contributed by atoms with van der Waals surface area (Å²) in [7, 11) is 0. The summed E-state index contributed by atoms with van der Waals surface area (Å²) in [4.78, 5) is 25.5. The van der Waals surface area contributed by atoms with Crippen molar-refractivity contribution in [3.63, 3.8) is 0 Å². The van der Waals surface area contributed by atoms with Crippen LogP contribution in [0.5, 0.6) is 0 Å². The average molecular weight is 288 g/mol. The Labute approximate surface area is 123 Å². The molecule has 5 nitrogen and oxygen atoms in total. The molecule has 1 saturated heterocycles. The molecular formula is C16H20N2O3. The van der Waals surface area contributed by atoms with E-state index in [1.165, 1.54) is 0 Å². The number of para-hydroxylation sites is 1. The molecule has 1 unspecified atom stereocenters. The predicted octanol–water partition coefficient (Wildman–Crippen LogP) is 1.73. The van der Waals surface area contributed by atoms with Crippen molar-refractivity contribution >= 4 is 17.6 Å². The zero-order valence-corrected chi connectivity index (χ0v) is 11.9. The zero-order valence-electron chi connectivity index (χ0n) is 11.9. The number of aliphatic carboxylic acids is 1. The molecule has 1 aromatic rings. The number of hydrogen-bond donors (Lipinski definition) is 2. The quantitative estimate of drug-likeness (QED) is 0.889. The molecule has 2 heterocycles. The van der Waals surface area contributed by atoms with Crippen LogP contribution in [0.25, 0.3) is 0 Å². The first-order valence-electron chi connectivity index (χ1n) is 7.52. The summed E-state index contributed by atoms with van der Waals surface area (Å²) < 4.78 is 0. The highest BCUT2D eigenvalue weighted by Crippen LogP contribution is 2.38. The minimum atomic E-state index is -0.820. The van der Waals surface area contributed by atoms with Crippen LogP contribution in [0.2, 0.25) is 0 Å². The number of benzene rings is 1. The van der Waals surface area contributed by atoms with Gasteiger partial charge in [-0.15, -0.1) is 0 Å². The molecule has 112 valence electrons. The number of rotatable bonds is 3. The van der Waals surface area contributed by atoms with Crippen LogP contribution in [0.1, 0.15) is 37.2 Å². The van der Waals surface area contributed by atoms with Crippen LogP contribution in [0.15, 0.2) is 24.3 Å². The molecule has 0 aliphatic carbocycles. The van der Waals surface area contributed by atoms with Gasteiger partial charge in [0.05, 0.1) is 12.5 Å². The lowest BCUT2D eigenvalue weighted by Crippen LogP contribution is -2.48. The summed E-state index contributed by atoms with van der Waals surface area (Å²) in [6.07, 6.45) is 3.11. The molecule has 0 bridgehead atoms. The molecular weight excluding hydrogens is 268 g/mol. The fourth-order valence-electron chi connectivity index (χ4n) is 3.34. The third kappa shape index (κ3) is 2.78. The topological polar surface area (TPSA) is 69.6 Å². The first-order valence-corrected chi connectivity index (χ1v) is 7.52. The van der Waals surface area contributed by atoms with E-state index in [0.717, 1.165) is 37.1 Å². The Kier molecular flexibility index (Phi) is 3.92. The number of carbonyl (C=O) groups is 2. The largest absolute Gasteiger partial charge is 0.481 e. The lowest BCUT2D eigenvalue weighted by Gasteiger charge is -2.27. The summed E-state index contributed by atoms with van der Waals surface area (Å²) >= 11 is 0. The minimum Gasteiger partial charge on any atom is -0.481 e. The molecule has 2 atom stereocenters. The first-order chi connectivity index (χ1) is 10.2. The molecule has 0 spiro atoms. The number of amides is 1. The predicted molar refractivity (Wildman–Crippen MR) is 79.4 cm³/mol. The number of nitrogens with one attached hydrogen (secondary N) is 1. The maximum Gasteiger partial charge on any atom is 0.304 e. The van der Waals surface area contributed by atoms with E-state index in [4.69, 9.17) is 5.11 Å². The lowest BCUT2D eigenvalue weighted by molar-refractivity contribution is -0.137. The number of nitrogens with zero attached hydrogens (tertiary/aromatic N) is 1.